The number of benzene rings is 1. The lowest BCUT2D eigenvalue weighted by molar-refractivity contribution is -0.132. The number of amides is 3. The molecule has 0 bridgehead atoms. The molecule has 3 rings (SSSR count). The largest absolute Gasteiger partial charge is 0.378 e. The minimum Gasteiger partial charge on any atom is -0.378 e. The molecule has 0 aromatic heterocycles. The summed E-state index contributed by atoms with van der Waals surface area (Å²) in [7, 11) is 0. The van der Waals surface area contributed by atoms with Gasteiger partial charge in [0.2, 0.25) is 5.91 Å². The maximum Gasteiger partial charge on any atom is 0.320 e. The molecule has 2 saturated heterocycles. The van der Waals surface area contributed by atoms with E-state index in [9.17, 15) is 9.59 Å². The Balaban J connectivity index is 1.50. The predicted molar refractivity (Wildman–Crippen MR) is 90.8 cm³/mol. The smallest absolute Gasteiger partial charge is 0.320 e. The summed E-state index contributed by atoms with van der Waals surface area (Å²) in [5.41, 5.74) is 2.22. The third kappa shape index (κ3) is 3.87. The molecule has 130 valence electrons. The van der Waals surface area contributed by atoms with Crippen molar-refractivity contribution in [1.29, 1.82) is 0 Å². The molecule has 0 radical (unpaired) electrons. The van der Waals surface area contributed by atoms with E-state index in [0.29, 0.717) is 58.9 Å². The second kappa shape index (κ2) is 7.66. The first kappa shape index (κ1) is 16.8. The number of nitrogens with zero attached hydrogens (tertiary/aromatic N) is 3. The molecule has 2 heterocycles. The van der Waals surface area contributed by atoms with Gasteiger partial charge in [-0.1, -0.05) is 24.3 Å². The Morgan fingerprint density at radius 3 is 2.17 bits per heavy atom. The van der Waals surface area contributed by atoms with Gasteiger partial charge in [-0.15, -0.1) is 0 Å². The Bertz CT molecular complexity index is 591. The van der Waals surface area contributed by atoms with Gasteiger partial charge < -0.3 is 19.4 Å². The molecule has 3 amide bonds. The van der Waals surface area contributed by atoms with Crippen molar-refractivity contribution in [3.05, 3.63) is 35.4 Å². The Labute approximate surface area is 143 Å². The summed E-state index contributed by atoms with van der Waals surface area (Å²) < 4.78 is 5.29. The fourth-order valence-electron chi connectivity index (χ4n) is 3.18. The topological polar surface area (TPSA) is 53.1 Å². The monoisotopic (exact) mass is 331 g/mol. The van der Waals surface area contributed by atoms with Crippen molar-refractivity contribution in [1.82, 2.24) is 14.7 Å². The lowest BCUT2D eigenvalue weighted by Crippen LogP contribution is -2.55. The highest BCUT2D eigenvalue weighted by atomic mass is 16.5. The molecule has 0 saturated carbocycles. The SMILES string of the molecule is Cc1ccccc1CC(=O)N1CCN(C(=O)N2CCOCC2)CC1. The molecular weight excluding hydrogens is 306 g/mol. The summed E-state index contributed by atoms with van der Waals surface area (Å²) >= 11 is 0. The van der Waals surface area contributed by atoms with Crippen molar-refractivity contribution in [3.8, 4) is 0 Å². The highest BCUT2D eigenvalue weighted by Crippen LogP contribution is 2.12. The van der Waals surface area contributed by atoms with Crippen molar-refractivity contribution >= 4 is 11.9 Å². The van der Waals surface area contributed by atoms with Gasteiger partial charge in [-0.3, -0.25) is 4.79 Å². The van der Waals surface area contributed by atoms with Gasteiger partial charge in [-0.2, -0.15) is 0 Å². The average Bonchev–Trinajstić information content (AvgIpc) is 2.64. The number of ether oxygens (including phenoxy) is 1. The molecular formula is C18H25N3O3. The number of hydrogen-bond donors (Lipinski definition) is 0. The van der Waals surface area contributed by atoms with Crippen molar-refractivity contribution in [2.75, 3.05) is 52.5 Å². The number of carbonyl (C=O) groups excluding carboxylic acids is 2. The van der Waals surface area contributed by atoms with Gasteiger partial charge >= 0.3 is 6.03 Å². The summed E-state index contributed by atoms with van der Waals surface area (Å²) in [6, 6.07) is 8.06. The van der Waals surface area contributed by atoms with Crippen molar-refractivity contribution in [3.63, 3.8) is 0 Å². The van der Waals surface area contributed by atoms with Crippen molar-refractivity contribution in [2.45, 2.75) is 13.3 Å². The minimum atomic E-state index is 0.0734. The van der Waals surface area contributed by atoms with Crippen molar-refractivity contribution in [2.24, 2.45) is 0 Å². The fraction of sp³-hybridized carbons (Fsp3) is 0.556. The Morgan fingerprint density at radius 1 is 0.917 bits per heavy atom. The van der Waals surface area contributed by atoms with Crippen LogP contribution >= 0.6 is 0 Å². The van der Waals surface area contributed by atoms with Gasteiger partial charge in [-0.05, 0) is 18.1 Å². The van der Waals surface area contributed by atoms with Crippen LogP contribution in [-0.4, -0.2) is 79.1 Å². The van der Waals surface area contributed by atoms with Gasteiger partial charge in [0.15, 0.2) is 0 Å². The third-order valence-electron chi connectivity index (χ3n) is 4.79. The number of piperazine rings is 1. The van der Waals surface area contributed by atoms with Crippen LogP contribution in [0.2, 0.25) is 0 Å². The maximum atomic E-state index is 12.5. The van der Waals surface area contributed by atoms with Crippen LogP contribution < -0.4 is 0 Å². The van der Waals surface area contributed by atoms with E-state index >= 15 is 0 Å². The summed E-state index contributed by atoms with van der Waals surface area (Å²) in [5, 5.41) is 0. The molecule has 24 heavy (non-hydrogen) atoms. The number of hydrogen-bond acceptors (Lipinski definition) is 3. The Kier molecular flexibility index (Phi) is 5.35. The Hall–Kier alpha value is -2.08. The Morgan fingerprint density at radius 2 is 1.50 bits per heavy atom. The lowest BCUT2D eigenvalue weighted by Gasteiger charge is -2.38. The zero-order valence-electron chi connectivity index (χ0n) is 14.2. The molecule has 0 N–H and O–H groups in total. The third-order valence-corrected chi connectivity index (χ3v) is 4.79. The van der Waals surface area contributed by atoms with Crippen LogP contribution in [0.1, 0.15) is 11.1 Å². The lowest BCUT2D eigenvalue weighted by atomic mass is 10.1. The molecule has 1 aromatic rings. The molecule has 0 atom stereocenters. The molecule has 2 fully saturated rings. The van der Waals surface area contributed by atoms with E-state index in [0.717, 1.165) is 11.1 Å². The van der Waals surface area contributed by atoms with E-state index < -0.39 is 0 Å². The number of aryl methyl sites for hydroxylation is 1. The van der Waals surface area contributed by atoms with Gasteiger partial charge in [-0.25, -0.2) is 4.79 Å². The average molecular weight is 331 g/mol. The van der Waals surface area contributed by atoms with E-state index in [1.165, 1.54) is 0 Å². The summed E-state index contributed by atoms with van der Waals surface area (Å²) in [4.78, 5) is 30.5. The first-order valence-electron chi connectivity index (χ1n) is 8.59. The van der Waals surface area contributed by atoms with E-state index in [2.05, 4.69) is 0 Å². The molecule has 0 unspecified atom stereocenters. The van der Waals surface area contributed by atoms with Crippen LogP contribution in [0.4, 0.5) is 4.79 Å². The van der Waals surface area contributed by atoms with Crippen molar-refractivity contribution < 1.29 is 14.3 Å². The molecule has 1 aromatic carbocycles. The van der Waals surface area contributed by atoms with Crippen LogP contribution in [0, 0.1) is 6.92 Å². The quantitative estimate of drug-likeness (QED) is 0.816. The highest BCUT2D eigenvalue weighted by Gasteiger charge is 2.28. The first-order valence-corrected chi connectivity index (χ1v) is 8.59. The maximum absolute atomic E-state index is 12.5. The van der Waals surface area contributed by atoms with E-state index in [-0.39, 0.29) is 11.9 Å². The second-order valence-corrected chi connectivity index (χ2v) is 6.35. The zero-order valence-corrected chi connectivity index (χ0v) is 14.2. The minimum absolute atomic E-state index is 0.0734. The second-order valence-electron chi connectivity index (χ2n) is 6.35. The molecule has 6 nitrogen and oxygen atoms in total. The zero-order chi connectivity index (χ0) is 16.9. The van der Waals surface area contributed by atoms with E-state index in [1.807, 2.05) is 45.9 Å². The van der Waals surface area contributed by atoms with Gasteiger partial charge in [0.05, 0.1) is 19.6 Å². The molecule has 2 aliphatic heterocycles. The number of urea groups is 1. The van der Waals surface area contributed by atoms with Crippen LogP contribution in [0.3, 0.4) is 0 Å². The summed E-state index contributed by atoms with van der Waals surface area (Å²) in [6.45, 7) is 7.01. The number of morpholine rings is 1. The van der Waals surface area contributed by atoms with Crippen LogP contribution in [0.25, 0.3) is 0 Å². The predicted octanol–water partition coefficient (Wildman–Crippen LogP) is 1.13. The summed E-state index contributed by atoms with van der Waals surface area (Å²) in [6.07, 6.45) is 0.435. The van der Waals surface area contributed by atoms with Gasteiger partial charge in [0.25, 0.3) is 0 Å². The van der Waals surface area contributed by atoms with E-state index in [4.69, 9.17) is 4.74 Å². The normalized spacial score (nSPS) is 18.6. The fourth-order valence-corrected chi connectivity index (χ4v) is 3.18. The van der Waals surface area contributed by atoms with Gasteiger partial charge in [0, 0.05) is 39.3 Å². The molecule has 6 heteroatoms. The summed E-state index contributed by atoms with van der Waals surface area (Å²) in [5.74, 6) is 0.141. The van der Waals surface area contributed by atoms with Crippen LogP contribution in [0.5, 0.6) is 0 Å². The van der Waals surface area contributed by atoms with Crippen LogP contribution in [0.15, 0.2) is 24.3 Å². The first-order chi connectivity index (χ1) is 11.6. The standard InChI is InChI=1S/C18H25N3O3/c1-15-4-2-3-5-16(15)14-17(22)19-6-8-20(9-7-19)18(23)21-10-12-24-13-11-21/h2-5H,6-14H2,1H3. The van der Waals surface area contributed by atoms with Gasteiger partial charge in [0.1, 0.15) is 0 Å². The number of rotatable bonds is 2. The highest BCUT2D eigenvalue weighted by molar-refractivity contribution is 5.80. The molecule has 0 spiro atoms. The van der Waals surface area contributed by atoms with E-state index in [1.54, 1.807) is 0 Å². The molecule has 0 aliphatic carbocycles. The number of carbonyl (C=O) groups is 2. The van der Waals surface area contributed by atoms with Crippen LogP contribution in [-0.2, 0) is 16.0 Å². The molecule has 2 aliphatic rings.